The Kier molecular flexibility index (Phi) is 3.61. The Morgan fingerprint density at radius 1 is 1.21 bits per heavy atom. The van der Waals surface area contributed by atoms with E-state index in [2.05, 4.69) is 18.0 Å². The van der Waals surface area contributed by atoms with Crippen molar-refractivity contribution in [1.29, 1.82) is 0 Å². The van der Waals surface area contributed by atoms with Gasteiger partial charge in [-0.05, 0) is 30.7 Å². The Labute approximate surface area is 142 Å². The number of carbonyl (C=O) groups is 1. The summed E-state index contributed by atoms with van der Waals surface area (Å²) in [6.45, 7) is 2.22. The molecule has 2 aromatic carbocycles. The zero-order valence-electron chi connectivity index (χ0n) is 13.4. The van der Waals surface area contributed by atoms with Crippen LogP contribution in [-0.2, 0) is 11.8 Å². The number of aryl methyl sites for hydroxylation is 2. The Balaban J connectivity index is 1.68. The van der Waals surface area contributed by atoms with E-state index in [4.69, 9.17) is 9.47 Å². The van der Waals surface area contributed by atoms with Crippen molar-refractivity contribution in [3.63, 3.8) is 0 Å². The van der Waals surface area contributed by atoms with Gasteiger partial charge in [0.05, 0.1) is 10.2 Å². The summed E-state index contributed by atoms with van der Waals surface area (Å²) in [7, 11) is 1.92. The maximum Gasteiger partial charge on any atom is 0.292 e. The lowest BCUT2D eigenvalue weighted by Crippen LogP contribution is -2.36. The highest BCUT2D eigenvalue weighted by Gasteiger charge is 2.27. The van der Waals surface area contributed by atoms with Crippen LogP contribution in [0, 0.1) is 6.92 Å². The molecule has 0 spiro atoms. The number of amides is 1. The maximum absolute atomic E-state index is 12.5. The van der Waals surface area contributed by atoms with E-state index in [0.29, 0.717) is 16.3 Å². The van der Waals surface area contributed by atoms with E-state index in [1.54, 1.807) is 6.07 Å². The number of hydrogen-bond acceptors (Lipinski definition) is 4. The largest absolute Gasteiger partial charge is 0.485 e. The minimum Gasteiger partial charge on any atom is -0.485 e. The van der Waals surface area contributed by atoms with Gasteiger partial charge >= 0.3 is 0 Å². The summed E-state index contributed by atoms with van der Waals surface area (Å²) in [5.41, 5.74) is 2.26. The van der Waals surface area contributed by atoms with Gasteiger partial charge in [0.2, 0.25) is 6.10 Å². The molecule has 0 N–H and O–H groups in total. The zero-order valence-corrected chi connectivity index (χ0v) is 14.2. The third-order valence-electron chi connectivity index (χ3n) is 4.01. The molecule has 0 saturated carbocycles. The predicted molar refractivity (Wildman–Crippen MR) is 92.5 cm³/mol. The fourth-order valence-electron chi connectivity index (χ4n) is 2.81. The van der Waals surface area contributed by atoms with Crippen molar-refractivity contribution in [1.82, 2.24) is 4.57 Å². The van der Waals surface area contributed by atoms with Crippen LogP contribution in [0.25, 0.3) is 10.2 Å². The normalized spacial score (nSPS) is 17.2. The fourth-order valence-corrected chi connectivity index (χ4v) is 3.91. The number of benzene rings is 2. The Morgan fingerprint density at radius 2 is 2.00 bits per heavy atom. The number of fused-ring (bicyclic) bond motifs is 2. The SMILES string of the molecule is Cc1cccc2sc(=NC(=O)C3COc4ccccc4O3)n(C)c12. The van der Waals surface area contributed by atoms with Gasteiger partial charge in [0.1, 0.15) is 6.61 Å². The third kappa shape index (κ3) is 2.49. The van der Waals surface area contributed by atoms with Crippen molar-refractivity contribution in [2.45, 2.75) is 13.0 Å². The first-order valence-corrected chi connectivity index (χ1v) is 8.47. The van der Waals surface area contributed by atoms with Crippen LogP contribution in [0.3, 0.4) is 0 Å². The monoisotopic (exact) mass is 340 g/mol. The van der Waals surface area contributed by atoms with Gasteiger partial charge < -0.3 is 14.0 Å². The second kappa shape index (κ2) is 5.79. The van der Waals surface area contributed by atoms with Crippen LogP contribution < -0.4 is 14.3 Å². The lowest BCUT2D eigenvalue weighted by atomic mass is 10.2. The Hall–Kier alpha value is -2.60. The Morgan fingerprint density at radius 3 is 2.79 bits per heavy atom. The molecular formula is C18H16N2O3S. The van der Waals surface area contributed by atoms with E-state index < -0.39 is 6.10 Å². The fraction of sp³-hybridized carbons (Fsp3) is 0.222. The molecule has 1 aliphatic rings. The molecule has 1 atom stereocenters. The molecule has 0 radical (unpaired) electrons. The van der Waals surface area contributed by atoms with Gasteiger partial charge in [-0.3, -0.25) is 4.79 Å². The number of thiazole rings is 1. The van der Waals surface area contributed by atoms with Gasteiger partial charge in [-0.1, -0.05) is 35.6 Å². The number of para-hydroxylation sites is 3. The quantitative estimate of drug-likeness (QED) is 0.684. The highest BCUT2D eigenvalue weighted by atomic mass is 32.1. The topological polar surface area (TPSA) is 52.8 Å². The summed E-state index contributed by atoms with van der Waals surface area (Å²) in [6.07, 6.45) is -0.716. The van der Waals surface area contributed by atoms with E-state index in [1.165, 1.54) is 11.3 Å². The van der Waals surface area contributed by atoms with Crippen LogP contribution >= 0.6 is 11.3 Å². The molecule has 122 valence electrons. The molecule has 0 saturated heterocycles. The standard InChI is InChI=1S/C18H16N2O3S/c1-11-6-5-9-15-16(11)20(2)18(24-15)19-17(21)14-10-22-12-7-3-4-8-13(12)23-14/h3-9,14H,10H2,1-2H3. The number of hydrogen-bond donors (Lipinski definition) is 0. The number of aromatic nitrogens is 1. The lowest BCUT2D eigenvalue weighted by Gasteiger charge is -2.23. The van der Waals surface area contributed by atoms with Gasteiger partial charge in [0, 0.05) is 7.05 Å². The molecule has 1 amide bonds. The van der Waals surface area contributed by atoms with Crippen LogP contribution in [0.15, 0.2) is 47.5 Å². The number of carbonyl (C=O) groups excluding carboxylic acids is 1. The van der Waals surface area contributed by atoms with E-state index in [1.807, 2.05) is 41.9 Å². The predicted octanol–water partition coefficient (Wildman–Crippen LogP) is 2.82. The number of rotatable bonds is 1. The van der Waals surface area contributed by atoms with Gasteiger partial charge in [0.25, 0.3) is 5.91 Å². The molecule has 1 aromatic heterocycles. The first-order chi connectivity index (χ1) is 11.6. The average molecular weight is 340 g/mol. The van der Waals surface area contributed by atoms with Crippen molar-refractivity contribution in [3.8, 4) is 11.5 Å². The minimum atomic E-state index is -0.716. The molecule has 4 rings (SSSR count). The van der Waals surface area contributed by atoms with Crippen molar-refractivity contribution < 1.29 is 14.3 Å². The second-order valence-corrected chi connectivity index (χ2v) is 6.69. The van der Waals surface area contributed by atoms with Gasteiger partial charge in [-0.25, -0.2) is 0 Å². The van der Waals surface area contributed by atoms with Crippen LogP contribution in [0.1, 0.15) is 5.56 Å². The number of ether oxygens (including phenoxy) is 2. The van der Waals surface area contributed by atoms with Crippen molar-refractivity contribution >= 4 is 27.5 Å². The molecule has 1 unspecified atom stereocenters. The van der Waals surface area contributed by atoms with E-state index in [-0.39, 0.29) is 12.5 Å². The first-order valence-electron chi connectivity index (χ1n) is 7.65. The summed E-state index contributed by atoms with van der Waals surface area (Å²) < 4.78 is 14.4. The van der Waals surface area contributed by atoms with E-state index in [9.17, 15) is 4.79 Å². The van der Waals surface area contributed by atoms with Gasteiger partial charge in [0.15, 0.2) is 16.3 Å². The first kappa shape index (κ1) is 15.0. The highest BCUT2D eigenvalue weighted by molar-refractivity contribution is 7.16. The summed E-state index contributed by atoms with van der Waals surface area (Å²) >= 11 is 1.50. The van der Waals surface area contributed by atoms with Gasteiger partial charge in [-0.2, -0.15) is 4.99 Å². The van der Waals surface area contributed by atoms with Crippen LogP contribution in [0.2, 0.25) is 0 Å². The molecular weight excluding hydrogens is 324 g/mol. The summed E-state index contributed by atoms with van der Waals surface area (Å²) in [6, 6.07) is 13.4. The Bertz CT molecular complexity index is 1000. The van der Waals surface area contributed by atoms with Crippen molar-refractivity contribution in [3.05, 3.63) is 52.8 Å². The van der Waals surface area contributed by atoms with Crippen molar-refractivity contribution in [2.24, 2.45) is 12.0 Å². The maximum atomic E-state index is 12.5. The molecule has 2 heterocycles. The average Bonchev–Trinajstić information content (AvgIpc) is 2.91. The highest BCUT2D eigenvalue weighted by Crippen LogP contribution is 2.31. The second-order valence-electron chi connectivity index (χ2n) is 5.68. The molecule has 5 nitrogen and oxygen atoms in total. The van der Waals surface area contributed by atoms with Crippen LogP contribution in [-0.4, -0.2) is 23.2 Å². The van der Waals surface area contributed by atoms with Crippen LogP contribution in [0.4, 0.5) is 0 Å². The smallest absolute Gasteiger partial charge is 0.292 e. The van der Waals surface area contributed by atoms with E-state index in [0.717, 1.165) is 15.8 Å². The third-order valence-corrected chi connectivity index (χ3v) is 5.11. The summed E-state index contributed by atoms with van der Waals surface area (Å²) in [5, 5.41) is 0. The molecule has 3 aromatic rings. The van der Waals surface area contributed by atoms with Crippen molar-refractivity contribution in [2.75, 3.05) is 6.61 Å². The van der Waals surface area contributed by atoms with Crippen LogP contribution in [0.5, 0.6) is 11.5 Å². The zero-order chi connectivity index (χ0) is 16.7. The summed E-state index contributed by atoms with van der Waals surface area (Å²) in [4.78, 5) is 17.4. The minimum absolute atomic E-state index is 0.174. The molecule has 1 aliphatic heterocycles. The lowest BCUT2D eigenvalue weighted by molar-refractivity contribution is -0.127. The van der Waals surface area contributed by atoms with E-state index >= 15 is 0 Å². The molecule has 0 bridgehead atoms. The molecule has 24 heavy (non-hydrogen) atoms. The molecule has 0 aliphatic carbocycles. The number of nitrogens with zero attached hydrogens (tertiary/aromatic N) is 2. The van der Waals surface area contributed by atoms with Gasteiger partial charge in [-0.15, -0.1) is 0 Å². The molecule has 6 heteroatoms. The summed E-state index contributed by atoms with van der Waals surface area (Å²) in [5.74, 6) is 0.905. The molecule has 0 fully saturated rings.